The summed E-state index contributed by atoms with van der Waals surface area (Å²) in [5, 5.41) is 16.3. The van der Waals surface area contributed by atoms with Crippen LogP contribution in [0.15, 0.2) is 17.5 Å². The third-order valence-electron chi connectivity index (χ3n) is 3.30. The molecule has 0 aromatic carbocycles. The lowest BCUT2D eigenvalue weighted by Gasteiger charge is -2.15. The zero-order valence-electron chi connectivity index (χ0n) is 12.4. The summed E-state index contributed by atoms with van der Waals surface area (Å²) >= 11 is 1.61. The molecule has 1 aromatic rings. The van der Waals surface area contributed by atoms with Crippen LogP contribution in [0.3, 0.4) is 0 Å². The first kappa shape index (κ1) is 17.5. The van der Waals surface area contributed by atoms with E-state index in [1.165, 1.54) is 0 Å². The van der Waals surface area contributed by atoms with Crippen LogP contribution in [0.2, 0.25) is 0 Å². The lowest BCUT2D eigenvalue weighted by molar-refractivity contribution is -0.137. The minimum absolute atomic E-state index is 0.170. The maximum atomic E-state index is 11.6. The van der Waals surface area contributed by atoms with E-state index in [4.69, 9.17) is 5.11 Å². The van der Waals surface area contributed by atoms with Gasteiger partial charge in [0.2, 0.25) is 0 Å². The van der Waals surface area contributed by atoms with Crippen molar-refractivity contribution in [1.29, 1.82) is 0 Å². The molecule has 1 atom stereocenters. The highest BCUT2D eigenvalue weighted by molar-refractivity contribution is 7.09. The van der Waals surface area contributed by atoms with E-state index in [1.807, 2.05) is 17.5 Å². The van der Waals surface area contributed by atoms with E-state index >= 15 is 0 Å². The number of amides is 2. The Labute approximate surface area is 129 Å². The molecule has 0 radical (unpaired) electrons. The van der Waals surface area contributed by atoms with Gasteiger partial charge in [-0.15, -0.1) is 11.3 Å². The van der Waals surface area contributed by atoms with Gasteiger partial charge in [0.15, 0.2) is 0 Å². The van der Waals surface area contributed by atoms with Gasteiger partial charge in [-0.3, -0.25) is 4.79 Å². The Morgan fingerprint density at radius 1 is 1.29 bits per heavy atom. The molecule has 1 aromatic heterocycles. The summed E-state index contributed by atoms with van der Waals surface area (Å²) < 4.78 is 0. The number of carbonyl (C=O) groups excluding carboxylic acids is 1. The molecule has 118 valence electrons. The summed E-state index contributed by atoms with van der Waals surface area (Å²) in [6.45, 7) is 3.22. The molecule has 0 saturated heterocycles. The number of aliphatic carboxylic acids is 1. The zero-order chi connectivity index (χ0) is 15.5. The van der Waals surface area contributed by atoms with Crippen LogP contribution < -0.4 is 10.6 Å². The average Bonchev–Trinajstić information content (AvgIpc) is 2.95. The van der Waals surface area contributed by atoms with Gasteiger partial charge in [-0.1, -0.05) is 25.8 Å². The molecule has 6 heteroatoms. The first-order valence-electron chi connectivity index (χ1n) is 7.37. The van der Waals surface area contributed by atoms with Gasteiger partial charge in [-0.2, -0.15) is 0 Å². The van der Waals surface area contributed by atoms with E-state index < -0.39 is 5.97 Å². The zero-order valence-corrected chi connectivity index (χ0v) is 13.2. The van der Waals surface area contributed by atoms with Crippen LogP contribution >= 0.6 is 11.3 Å². The molecule has 1 rings (SSSR count). The van der Waals surface area contributed by atoms with Crippen molar-refractivity contribution in [3.63, 3.8) is 0 Å². The second kappa shape index (κ2) is 10.2. The molecule has 0 spiro atoms. The van der Waals surface area contributed by atoms with Gasteiger partial charge in [0.1, 0.15) is 0 Å². The molecule has 3 N–H and O–H groups in total. The SMILES string of the molecule is CCCC(CCNC(=O)NCc1cccs1)CCC(=O)O. The van der Waals surface area contributed by atoms with Crippen molar-refractivity contribution in [2.45, 2.75) is 45.6 Å². The Morgan fingerprint density at radius 2 is 2.10 bits per heavy atom. The number of carboxylic acid groups (broad SMARTS) is 1. The van der Waals surface area contributed by atoms with Crippen molar-refractivity contribution in [3.8, 4) is 0 Å². The highest BCUT2D eigenvalue weighted by Crippen LogP contribution is 2.17. The highest BCUT2D eigenvalue weighted by atomic mass is 32.1. The van der Waals surface area contributed by atoms with E-state index in [9.17, 15) is 9.59 Å². The Bertz CT molecular complexity index is 421. The van der Waals surface area contributed by atoms with Crippen LogP contribution in [0.5, 0.6) is 0 Å². The third kappa shape index (κ3) is 8.34. The normalized spacial score (nSPS) is 11.9. The van der Waals surface area contributed by atoms with E-state index in [-0.39, 0.29) is 12.5 Å². The summed E-state index contributed by atoms with van der Waals surface area (Å²) in [6, 6.07) is 3.77. The lowest BCUT2D eigenvalue weighted by atomic mass is 9.94. The predicted molar refractivity (Wildman–Crippen MR) is 84.4 cm³/mol. The topological polar surface area (TPSA) is 78.4 Å². The fraction of sp³-hybridized carbons (Fsp3) is 0.600. The van der Waals surface area contributed by atoms with Crippen LogP contribution in [-0.2, 0) is 11.3 Å². The summed E-state index contributed by atoms with van der Waals surface area (Å²) in [5.41, 5.74) is 0. The van der Waals surface area contributed by atoms with Crippen LogP contribution in [0.4, 0.5) is 4.79 Å². The van der Waals surface area contributed by atoms with Gasteiger partial charge in [-0.25, -0.2) is 4.79 Å². The molecule has 5 nitrogen and oxygen atoms in total. The molecule has 1 heterocycles. The molecular formula is C15H24N2O3S. The Balaban J connectivity index is 2.16. The lowest BCUT2D eigenvalue weighted by Crippen LogP contribution is -2.36. The molecule has 1 unspecified atom stereocenters. The Morgan fingerprint density at radius 3 is 2.71 bits per heavy atom. The van der Waals surface area contributed by atoms with Crippen molar-refractivity contribution in [3.05, 3.63) is 22.4 Å². The van der Waals surface area contributed by atoms with E-state index in [0.717, 1.165) is 24.1 Å². The van der Waals surface area contributed by atoms with Crippen molar-refractivity contribution >= 4 is 23.3 Å². The number of rotatable bonds is 10. The van der Waals surface area contributed by atoms with Crippen molar-refractivity contribution in [2.24, 2.45) is 5.92 Å². The predicted octanol–water partition coefficient (Wildman–Crippen LogP) is 3.22. The number of hydrogen-bond donors (Lipinski definition) is 3. The minimum atomic E-state index is -0.752. The molecule has 21 heavy (non-hydrogen) atoms. The number of hydrogen-bond acceptors (Lipinski definition) is 3. The summed E-state index contributed by atoms with van der Waals surface area (Å²) in [4.78, 5) is 23.4. The summed E-state index contributed by atoms with van der Waals surface area (Å²) in [6.07, 6.45) is 3.76. The van der Waals surface area contributed by atoms with Gasteiger partial charge in [0.25, 0.3) is 0 Å². The molecule has 0 saturated carbocycles. The quantitative estimate of drug-likeness (QED) is 0.620. The molecule has 0 aliphatic rings. The molecule has 0 aliphatic carbocycles. The van der Waals surface area contributed by atoms with Crippen LogP contribution in [-0.4, -0.2) is 23.7 Å². The second-order valence-electron chi connectivity index (χ2n) is 5.06. The van der Waals surface area contributed by atoms with E-state index in [1.54, 1.807) is 11.3 Å². The molecule has 0 bridgehead atoms. The van der Waals surface area contributed by atoms with Crippen LogP contribution in [0, 0.1) is 5.92 Å². The molecule has 0 aliphatic heterocycles. The largest absolute Gasteiger partial charge is 0.481 e. The van der Waals surface area contributed by atoms with E-state index in [2.05, 4.69) is 17.6 Å². The second-order valence-corrected chi connectivity index (χ2v) is 6.10. The maximum Gasteiger partial charge on any atom is 0.315 e. The van der Waals surface area contributed by atoms with Gasteiger partial charge in [0, 0.05) is 17.8 Å². The first-order valence-corrected chi connectivity index (χ1v) is 8.25. The van der Waals surface area contributed by atoms with Gasteiger partial charge >= 0.3 is 12.0 Å². The van der Waals surface area contributed by atoms with Crippen molar-refractivity contribution in [1.82, 2.24) is 10.6 Å². The standard InChI is InChI=1S/C15H24N2O3S/c1-2-4-12(6-7-14(18)19)8-9-16-15(20)17-11-13-5-3-10-21-13/h3,5,10,12H,2,4,6-9,11H2,1H3,(H,18,19)(H2,16,17,20). The number of carboxylic acids is 1. The smallest absolute Gasteiger partial charge is 0.315 e. The van der Waals surface area contributed by atoms with Crippen LogP contribution in [0.25, 0.3) is 0 Å². The van der Waals surface area contributed by atoms with E-state index in [0.29, 0.717) is 25.4 Å². The number of nitrogens with one attached hydrogen (secondary N) is 2. The molecule has 2 amide bonds. The summed E-state index contributed by atoms with van der Waals surface area (Å²) in [7, 11) is 0. The molecular weight excluding hydrogens is 288 g/mol. The fourth-order valence-electron chi connectivity index (χ4n) is 2.20. The summed E-state index contributed by atoms with van der Waals surface area (Å²) in [5.74, 6) is -0.388. The number of thiophene rings is 1. The van der Waals surface area contributed by atoms with Crippen molar-refractivity contribution in [2.75, 3.05) is 6.54 Å². The highest BCUT2D eigenvalue weighted by Gasteiger charge is 2.10. The number of urea groups is 1. The van der Waals surface area contributed by atoms with Crippen LogP contribution in [0.1, 0.15) is 43.9 Å². The van der Waals surface area contributed by atoms with Gasteiger partial charge in [-0.05, 0) is 30.2 Å². The monoisotopic (exact) mass is 312 g/mol. The Kier molecular flexibility index (Phi) is 8.50. The maximum absolute atomic E-state index is 11.6. The Hall–Kier alpha value is -1.56. The average molecular weight is 312 g/mol. The fourth-order valence-corrected chi connectivity index (χ4v) is 2.85. The van der Waals surface area contributed by atoms with Gasteiger partial charge in [0.05, 0.1) is 6.54 Å². The first-order chi connectivity index (χ1) is 10.1. The van der Waals surface area contributed by atoms with Crippen molar-refractivity contribution < 1.29 is 14.7 Å². The minimum Gasteiger partial charge on any atom is -0.481 e. The third-order valence-corrected chi connectivity index (χ3v) is 4.18. The molecule has 0 fully saturated rings. The van der Waals surface area contributed by atoms with Gasteiger partial charge < -0.3 is 15.7 Å². The number of carbonyl (C=O) groups is 2.